The van der Waals surface area contributed by atoms with Crippen LogP contribution in [0.25, 0.3) is 0 Å². The summed E-state index contributed by atoms with van der Waals surface area (Å²) in [5, 5.41) is 11.3. The van der Waals surface area contributed by atoms with Gasteiger partial charge in [-0.2, -0.15) is 13.2 Å². The second-order valence-corrected chi connectivity index (χ2v) is 8.96. The molecule has 0 saturated carbocycles. The van der Waals surface area contributed by atoms with Gasteiger partial charge in [0.25, 0.3) is 0 Å². The molecule has 3 rings (SSSR count). The predicted molar refractivity (Wildman–Crippen MR) is 123 cm³/mol. The van der Waals surface area contributed by atoms with Crippen molar-refractivity contribution >= 4 is 35.0 Å². The lowest BCUT2D eigenvalue weighted by atomic mass is 10.1. The van der Waals surface area contributed by atoms with Crippen LogP contribution < -0.4 is 5.32 Å². The van der Waals surface area contributed by atoms with E-state index in [2.05, 4.69) is 15.5 Å². The van der Waals surface area contributed by atoms with E-state index in [4.69, 9.17) is 11.6 Å². The van der Waals surface area contributed by atoms with Crippen LogP contribution in [0.4, 0.5) is 18.9 Å². The SMILES string of the molecule is C[C@@H](c1nnc(SCC(=O)Nc2ccc(Cl)cc2C(F)(F)F)n1Cc1ccccc1)N(C)C. The molecule has 0 radical (unpaired) electrons. The highest BCUT2D eigenvalue weighted by Gasteiger charge is 2.34. The van der Waals surface area contributed by atoms with E-state index in [0.717, 1.165) is 35.3 Å². The van der Waals surface area contributed by atoms with E-state index in [9.17, 15) is 18.0 Å². The van der Waals surface area contributed by atoms with Crippen LogP contribution in [-0.2, 0) is 17.5 Å². The van der Waals surface area contributed by atoms with E-state index >= 15 is 0 Å². The highest BCUT2D eigenvalue weighted by atomic mass is 35.5. The van der Waals surface area contributed by atoms with Crippen molar-refractivity contribution in [2.24, 2.45) is 0 Å². The maximum absolute atomic E-state index is 13.3. The van der Waals surface area contributed by atoms with Crippen LogP contribution in [0.15, 0.2) is 53.7 Å². The molecule has 0 saturated heterocycles. The van der Waals surface area contributed by atoms with Crippen LogP contribution >= 0.6 is 23.4 Å². The Kier molecular flexibility index (Phi) is 8.04. The molecule has 6 nitrogen and oxygen atoms in total. The fourth-order valence-corrected chi connectivity index (χ4v) is 3.95. The Labute approximate surface area is 199 Å². The molecule has 1 N–H and O–H groups in total. The predicted octanol–water partition coefficient (Wildman–Crippen LogP) is 5.35. The van der Waals surface area contributed by atoms with Crippen molar-refractivity contribution in [3.05, 3.63) is 70.5 Å². The molecule has 11 heteroatoms. The summed E-state index contributed by atoms with van der Waals surface area (Å²) in [6.07, 6.45) is -4.65. The number of carbonyl (C=O) groups excluding carboxylic acids is 1. The van der Waals surface area contributed by atoms with Crippen molar-refractivity contribution in [3.63, 3.8) is 0 Å². The van der Waals surface area contributed by atoms with Crippen LogP contribution in [0.1, 0.15) is 29.9 Å². The quantitative estimate of drug-likeness (QED) is 0.425. The van der Waals surface area contributed by atoms with Gasteiger partial charge in [0.1, 0.15) is 0 Å². The van der Waals surface area contributed by atoms with Gasteiger partial charge in [-0.25, -0.2) is 0 Å². The summed E-state index contributed by atoms with van der Waals surface area (Å²) in [6, 6.07) is 12.9. The summed E-state index contributed by atoms with van der Waals surface area (Å²) in [7, 11) is 3.85. The van der Waals surface area contributed by atoms with E-state index in [1.165, 1.54) is 6.07 Å². The molecular weight excluding hydrogens is 475 g/mol. The minimum absolute atomic E-state index is 0.0344. The van der Waals surface area contributed by atoms with Gasteiger partial charge in [0.05, 0.1) is 29.6 Å². The molecule has 176 valence electrons. The van der Waals surface area contributed by atoms with E-state index in [-0.39, 0.29) is 22.5 Å². The maximum Gasteiger partial charge on any atom is 0.418 e. The summed E-state index contributed by atoms with van der Waals surface area (Å²) in [5.41, 5.74) is -0.306. The topological polar surface area (TPSA) is 63.1 Å². The average molecular weight is 498 g/mol. The largest absolute Gasteiger partial charge is 0.418 e. The molecule has 0 aliphatic carbocycles. The first kappa shape index (κ1) is 25.1. The molecular formula is C22H23ClF3N5OS. The Morgan fingerprint density at radius 2 is 1.88 bits per heavy atom. The first-order valence-corrected chi connectivity index (χ1v) is 11.4. The number of nitrogens with zero attached hydrogens (tertiary/aromatic N) is 4. The van der Waals surface area contributed by atoms with Crippen molar-refractivity contribution in [2.75, 3.05) is 25.2 Å². The zero-order chi connectivity index (χ0) is 24.2. The fraction of sp³-hybridized carbons (Fsp3) is 0.318. The number of alkyl halides is 3. The number of benzene rings is 2. The highest BCUT2D eigenvalue weighted by molar-refractivity contribution is 7.99. The number of aromatic nitrogens is 3. The van der Waals surface area contributed by atoms with Gasteiger partial charge in [-0.3, -0.25) is 9.69 Å². The Morgan fingerprint density at radius 3 is 2.52 bits per heavy atom. The second kappa shape index (κ2) is 10.6. The van der Waals surface area contributed by atoms with Crippen LogP contribution in [-0.4, -0.2) is 45.4 Å². The summed E-state index contributed by atoms with van der Waals surface area (Å²) in [4.78, 5) is 14.5. The van der Waals surface area contributed by atoms with E-state index in [1.54, 1.807) is 0 Å². The number of amides is 1. The van der Waals surface area contributed by atoms with Crippen molar-refractivity contribution < 1.29 is 18.0 Å². The van der Waals surface area contributed by atoms with Crippen molar-refractivity contribution in [1.82, 2.24) is 19.7 Å². The smallest absolute Gasteiger partial charge is 0.325 e. The van der Waals surface area contributed by atoms with Gasteiger partial charge in [-0.15, -0.1) is 10.2 Å². The molecule has 0 spiro atoms. The number of halogens is 4. The molecule has 1 aromatic heterocycles. The van der Waals surface area contributed by atoms with Gasteiger partial charge < -0.3 is 9.88 Å². The Bertz CT molecular complexity index is 1110. The molecule has 33 heavy (non-hydrogen) atoms. The molecule has 0 unspecified atom stereocenters. The minimum atomic E-state index is -4.65. The van der Waals surface area contributed by atoms with Crippen LogP contribution in [0, 0.1) is 0 Å². The van der Waals surface area contributed by atoms with Gasteiger partial charge in [-0.1, -0.05) is 53.7 Å². The molecule has 1 amide bonds. The number of hydrogen-bond acceptors (Lipinski definition) is 5. The number of thioether (sulfide) groups is 1. The summed E-state index contributed by atoms with van der Waals surface area (Å²) < 4.78 is 41.8. The number of rotatable bonds is 8. The van der Waals surface area contributed by atoms with Gasteiger partial charge in [0, 0.05) is 5.02 Å². The Hall–Kier alpha value is -2.56. The number of anilines is 1. The third-order valence-corrected chi connectivity index (χ3v) is 6.17. The third-order valence-electron chi connectivity index (χ3n) is 4.97. The zero-order valence-electron chi connectivity index (χ0n) is 18.2. The first-order valence-electron chi connectivity index (χ1n) is 9.99. The Morgan fingerprint density at radius 1 is 1.18 bits per heavy atom. The number of nitrogens with one attached hydrogen (secondary N) is 1. The van der Waals surface area contributed by atoms with Crippen LogP contribution in [0.3, 0.4) is 0 Å². The molecule has 0 aliphatic heterocycles. The summed E-state index contributed by atoms with van der Waals surface area (Å²) in [6.45, 7) is 2.49. The third kappa shape index (κ3) is 6.49. The lowest BCUT2D eigenvalue weighted by Crippen LogP contribution is -2.22. The Balaban J connectivity index is 1.78. The summed E-state index contributed by atoms with van der Waals surface area (Å²) >= 11 is 6.81. The van der Waals surface area contributed by atoms with Gasteiger partial charge >= 0.3 is 6.18 Å². The molecule has 0 aliphatic rings. The number of hydrogen-bond donors (Lipinski definition) is 1. The lowest BCUT2D eigenvalue weighted by Gasteiger charge is -2.20. The molecule has 0 bridgehead atoms. The summed E-state index contributed by atoms with van der Waals surface area (Å²) in [5.74, 6) is -0.00321. The van der Waals surface area contributed by atoms with E-state index in [0.29, 0.717) is 11.7 Å². The minimum Gasteiger partial charge on any atom is -0.325 e. The molecule has 3 aromatic rings. The van der Waals surface area contributed by atoms with Gasteiger partial charge in [-0.05, 0) is 44.8 Å². The van der Waals surface area contributed by atoms with Crippen molar-refractivity contribution in [2.45, 2.75) is 30.8 Å². The normalized spacial score (nSPS) is 12.7. The molecule has 0 fully saturated rings. The molecule has 1 atom stereocenters. The highest BCUT2D eigenvalue weighted by Crippen LogP contribution is 2.36. The van der Waals surface area contributed by atoms with Crippen LogP contribution in [0.2, 0.25) is 5.02 Å². The van der Waals surface area contributed by atoms with Crippen molar-refractivity contribution in [1.29, 1.82) is 0 Å². The monoisotopic (exact) mass is 497 g/mol. The average Bonchev–Trinajstić information content (AvgIpc) is 3.15. The zero-order valence-corrected chi connectivity index (χ0v) is 19.8. The fourth-order valence-electron chi connectivity index (χ4n) is 3.04. The lowest BCUT2D eigenvalue weighted by molar-refractivity contribution is -0.137. The standard InChI is InChI=1S/C22H23ClF3N5OS/c1-14(30(2)3)20-28-29-21(31(20)12-15-7-5-4-6-8-15)33-13-19(32)27-18-10-9-16(23)11-17(18)22(24,25)26/h4-11,14H,12-13H2,1-3H3,(H,27,32)/t14-/m0/s1. The van der Waals surface area contributed by atoms with Gasteiger partial charge in [0.15, 0.2) is 11.0 Å². The molecule has 1 heterocycles. The van der Waals surface area contributed by atoms with Gasteiger partial charge in [0.2, 0.25) is 5.91 Å². The van der Waals surface area contributed by atoms with Crippen LogP contribution in [0.5, 0.6) is 0 Å². The van der Waals surface area contributed by atoms with E-state index in [1.807, 2.05) is 60.8 Å². The number of carbonyl (C=O) groups is 1. The van der Waals surface area contributed by atoms with Crippen molar-refractivity contribution in [3.8, 4) is 0 Å². The maximum atomic E-state index is 13.3. The molecule has 2 aromatic carbocycles. The second-order valence-electron chi connectivity index (χ2n) is 7.58. The van der Waals surface area contributed by atoms with E-state index < -0.39 is 17.6 Å². The first-order chi connectivity index (χ1) is 15.6.